The first-order valence-corrected chi connectivity index (χ1v) is 9.49. The molecule has 7 nitrogen and oxygen atoms in total. The average Bonchev–Trinajstić information content (AvgIpc) is 3.16. The number of para-hydroxylation sites is 1. The van der Waals surface area contributed by atoms with Crippen LogP contribution in [0.4, 0.5) is 0 Å². The van der Waals surface area contributed by atoms with Gasteiger partial charge in [-0.1, -0.05) is 17.3 Å². The van der Waals surface area contributed by atoms with Crippen molar-refractivity contribution in [1.29, 1.82) is 0 Å². The highest BCUT2D eigenvalue weighted by Gasteiger charge is 2.36. The van der Waals surface area contributed by atoms with Crippen molar-refractivity contribution in [1.82, 2.24) is 15.0 Å². The molecule has 0 saturated carbocycles. The van der Waals surface area contributed by atoms with Gasteiger partial charge in [0.15, 0.2) is 0 Å². The molecule has 3 aromatic rings. The Balaban J connectivity index is 1.46. The van der Waals surface area contributed by atoms with Crippen molar-refractivity contribution in [3.63, 3.8) is 0 Å². The standard InChI is InChI=1S/C20H18BrN3O4/c1-26-13-7-8-16(21)15(9-13)20(25)24-10-12(11-24)19-22-18(23-28-19)14-5-3-4-6-17(14)27-2/h3-9,12H,10-11H2,1-2H3. The van der Waals surface area contributed by atoms with Gasteiger partial charge in [0, 0.05) is 17.6 Å². The minimum Gasteiger partial charge on any atom is -0.497 e. The summed E-state index contributed by atoms with van der Waals surface area (Å²) >= 11 is 3.43. The molecular weight excluding hydrogens is 426 g/mol. The molecule has 1 amide bonds. The minimum absolute atomic E-state index is 0.0179. The van der Waals surface area contributed by atoms with E-state index in [0.717, 1.165) is 10.0 Å². The number of hydrogen-bond acceptors (Lipinski definition) is 6. The van der Waals surface area contributed by atoms with Crippen molar-refractivity contribution in [3.05, 3.63) is 58.4 Å². The molecule has 2 aromatic carbocycles. The van der Waals surface area contributed by atoms with Gasteiger partial charge in [-0.15, -0.1) is 0 Å². The third kappa shape index (κ3) is 3.35. The number of aromatic nitrogens is 2. The summed E-state index contributed by atoms with van der Waals surface area (Å²) in [6, 6.07) is 12.8. The fourth-order valence-corrected chi connectivity index (χ4v) is 3.52. The van der Waals surface area contributed by atoms with Crippen molar-refractivity contribution in [2.24, 2.45) is 0 Å². The van der Waals surface area contributed by atoms with Crippen molar-refractivity contribution in [2.75, 3.05) is 27.3 Å². The van der Waals surface area contributed by atoms with Gasteiger partial charge in [-0.2, -0.15) is 4.98 Å². The highest BCUT2D eigenvalue weighted by Crippen LogP contribution is 2.33. The molecule has 0 atom stereocenters. The molecule has 0 aliphatic carbocycles. The summed E-state index contributed by atoms with van der Waals surface area (Å²) in [4.78, 5) is 19.0. The Labute approximate surface area is 170 Å². The van der Waals surface area contributed by atoms with E-state index in [4.69, 9.17) is 14.0 Å². The van der Waals surface area contributed by atoms with E-state index in [9.17, 15) is 4.79 Å². The van der Waals surface area contributed by atoms with Gasteiger partial charge < -0.3 is 18.9 Å². The molecule has 4 rings (SSSR count). The van der Waals surface area contributed by atoms with E-state index >= 15 is 0 Å². The number of ether oxygens (including phenoxy) is 2. The number of benzene rings is 2. The fourth-order valence-electron chi connectivity index (χ4n) is 3.11. The quantitative estimate of drug-likeness (QED) is 0.597. The first kappa shape index (κ1) is 18.5. The number of nitrogens with zero attached hydrogens (tertiary/aromatic N) is 3. The molecule has 1 aliphatic rings. The fraction of sp³-hybridized carbons (Fsp3) is 0.250. The van der Waals surface area contributed by atoms with Crippen LogP contribution < -0.4 is 9.47 Å². The molecule has 1 fully saturated rings. The number of carbonyl (C=O) groups excluding carboxylic acids is 1. The second-order valence-corrected chi connectivity index (χ2v) is 7.26. The van der Waals surface area contributed by atoms with Gasteiger partial charge in [0.2, 0.25) is 11.7 Å². The number of hydrogen-bond donors (Lipinski definition) is 0. The predicted octanol–water partition coefficient (Wildman–Crippen LogP) is 3.76. The van der Waals surface area contributed by atoms with Crippen LogP contribution in [0.3, 0.4) is 0 Å². The number of rotatable bonds is 5. The Kier molecular flexibility index (Phi) is 5.04. The Morgan fingerprint density at radius 3 is 2.71 bits per heavy atom. The van der Waals surface area contributed by atoms with E-state index < -0.39 is 0 Å². The van der Waals surface area contributed by atoms with E-state index in [-0.39, 0.29) is 11.8 Å². The Hall–Kier alpha value is -2.87. The van der Waals surface area contributed by atoms with Gasteiger partial charge in [0.05, 0.1) is 31.3 Å². The second kappa shape index (κ2) is 7.63. The maximum Gasteiger partial charge on any atom is 0.255 e. The van der Waals surface area contributed by atoms with Crippen LogP contribution in [-0.4, -0.2) is 48.3 Å². The average molecular weight is 444 g/mol. The van der Waals surface area contributed by atoms with E-state index in [0.29, 0.717) is 41.9 Å². The van der Waals surface area contributed by atoms with Crippen molar-refractivity contribution < 1.29 is 18.8 Å². The van der Waals surface area contributed by atoms with Crippen LogP contribution in [0, 0.1) is 0 Å². The van der Waals surface area contributed by atoms with Crippen LogP contribution in [0.2, 0.25) is 0 Å². The lowest BCUT2D eigenvalue weighted by Gasteiger charge is -2.37. The maximum absolute atomic E-state index is 12.8. The van der Waals surface area contributed by atoms with Crippen LogP contribution in [0.5, 0.6) is 11.5 Å². The first-order valence-electron chi connectivity index (χ1n) is 8.70. The van der Waals surface area contributed by atoms with Crippen LogP contribution >= 0.6 is 15.9 Å². The van der Waals surface area contributed by atoms with Gasteiger partial charge in [-0.05, 0) is 46.3 Å². The first-order chi connectivity index (χ1) is 13.6. The normalized spacial score (nSPS) is 13.9. The molecule has 0 spiro atoms. The zero-order chi connectivity index (χ0) is 19.7. The Morgan fingerprint density at radius 2 is 1.96 bits per heavy atom. The van der Waals surface area contributed by atoms with Gasteiger partial charge in [-0.3, -0.25) is 4.79 Å². The zero-order valence-corrected chi connectivity index (χ0v) is 17.0. The zero-order valence-electron chi connectivity index (χ0n) is 15.4. The lowest BCUT2D eigenvalue weighted by Crippen LogP contribution is -2.48. The molecule has 0 N–H and O–H groups in total. The van der Waals surface area contributed by atoms with E-state index in [2.05, 4.69) is 26.1 Å². The smallest absolute Gasteiger partial charge is 0.255 e. The Morgan fingerprint density at radius 1 is 1.18 bits per heavy atom. The van der Waals surface area contributed by atoms with Crippen molar-refractivity contribution in [3.8, 4) is 22.9 Å². The number of amides is 1. The molecule has 0 bridgehead atoms. The molecule has 2 heterocycles. The number of methoxy groups -OCH3 is 2. The molecule has 1 aromatic heterocycles. The Bertz CT molecular complexity index is 1010. The predicted molar refractivity (Wildman–Crippen MR) is 106 cm³/mol. The third-order valence-corrected chi connectivity index (χ3v) is 5.40. The molecule has 144 valence electrons. The summed E-state index contributed by atoms with van der Waals surface area (Å²) in [5, 5.41) is 4.07. The molecule has 1 saturated heterocycles. The topological polar surface area (TPSA) is 77.7 Å². The van der Waals surface area contributed by atoms with E-state index in [1.54, 1.807) is 37.3 Å². The van der Waals surface area contributed by atoms with Gasteiger partial charge in [0.1, 0.15) is 11.5 Å². The SMILES string of the molecule is COc1ccc(Br)c(C(=O)N2CC(c3nc(-c4ccccc4OC)no3)C2)c1. The summed E-state index contributed by atoms with van der Waals surface area (Å²) in [6.45, 7) is 1.05. The molecule has 28 heavy (non-hydrogen) atoms. The third-order valence-electron chi connectivity index (χ3n) is 4.71. The molecule has 1 aliphatic heterocycles. The number of likely N-dealkylation sites (tertiary alicyclic amines) is 1. The summed E-state index contributed by atoms with van der Waals surface area (Å²) in [6.07, 6.45) is 0. The van der Waals surface area contributed by atoms with Crippen LogP contribution in [-0.2, 0) is 0 Å². The minimum atomic E-state index is -0.0634. The highest BCUT2D eigenvalue weighted by atomic mass is 79.9. The van der Waals surface area contributed by atoms with Gasteiger partial charge in [0.25, 0.3) is 5.91 Å². The molecule has 0 unspecified atom stereocenters. The van der Waals surface area contributed by atoms with Crippen LogP contribution in [0.15, 0.2) is 51.5 Å². The highest BCUT2D eigenvalue weighted by molar-refractivity contribution is 9.10. The van der Waals surface area contributed by atoms with Crippen molar-refractivity contribution in [2.45, 2.75) is 5.92 Å². The van der Waals surface area contributed by atoms with E-state index in [1.165, 1.54) is 0 Å². The summed E-state index contributed by atoms with van der Waals surface area (Å²) in [7, 11) is 3.18. The van der Waals surface area contributed by atoms with Crippen LogP contribution in [0.25, 0.3) is 11.4 Å². The van der Waals surface area contributed by atoms with Crippen molar-refractivity contribution >= 4 is 21.8 Å². The van der Waals surface area contributed by atoms with Gasteiger partial charge >= 0.3 is 0 Å². The molecule has 8 heteroatoms. The molecule has 0 radical (unpaired) electrons. The lowest BCUT2D eigenvalue weighted by molar-refractivity contribution is 0.0568. The number of halogens is 1. The maximum atomic E-state index is 12.8. The summed E-state index contributed by atoms with van der Waals surface area (Å²) in [5.41, 5.74) is 1.34. The number of carbonyl (C=O) groups is 1. The van der Waals surface area contributed by atoms with E-state index in [1.807, 2.05) is 24.3 Å². The second-order valence-electron chi connectivity index (χ2n) is 6.41. The summed E-state index contributed by atoms with van der Waals surface area (Å²) in [5.74, 6) is 2.28. The lowest BCUT2D eigenvalue weighted by atomic mass is 9.98. The summed E-state index contributed by atoms with van der Waals surface area (Å²) < 4.78 is 16.7. The monoisotopic (exact) mass is 443 g/mol. The van der Waals surface area contributed by atoms with Crippen LogP contribution in [0.1, 0.15) is 22.2 Å². The molecular formula is C20H18BrN3O4. The van der Waals surface area contributed by atoms with Gasteiger partial charge in [-0.25, -0.2) is 0 Å². The largest absolute Gasteiger partial charge is 0.497 e.